The largest absolute Gasteiger partial charge is 0.485 e. The Labute approximate surface area is 192 Å². The Morgan fingerprint density at radius 2 is 1.64 bits per heavy atom. The molecule has 0 spiro atoms. The van der Waals surface area contributed by atoms with Crippen LogP contribution >= 0.6 is 11.6 Å². The molecule has 0 aliphatic carbocycles. The number of alkyl halides is 3. The van der Waals surface area contributed by atoms with Crippen molar-refractivity contribution in [2.75, 3.05) is 0 Å². The zero-order valence-electron chi connectivity index (χ0n) is 16.7. The van der Waals surface area contributed by atoms with E-state index in [0.29, 0.717) is 11.2 Å². The molecule has 0 amide bonds. The van der Waals surface area contributed by atoms with Crippen molar-refractivity contribution in [1.82, 2.24) is 4.98 Å². The number of pyridine rings is 1. The first-order valence-corrected chi connectivity index (χ1v) is 11.3. The normalized spacial score (nSPS) is 12.2. The van der Waals surface area contributed by atoms with Crippen molar-refractivity contribution in [3.63, 3.8) is 0 Å². The second kappa shape index (κ2) is 8.66. The predicted octanol–water partition coefficient (Wildman–Crippen LogP) is 6.40. The third-order valence-electron chi connectivity index (χ3n) is 4.83. The summed E-state index contributed by atoms with van der Waals surface area (Å²) in [6.45, 7) is -0.413. The number of nitrogens with zero attached hydrogens (tertiary/aromatic N) is 1. The standard InChI is InChI=1S/C23H15ClF3NO4S/c24-18-12-17(14-6-2-1-3-7-14)22(33(29,30)31)20(23(25,26)27)21(18)32-13-16-11-10-15-8-4-5-9-19(15)28-16/h1-12H,13H2,(H,29,30,31). The van der Waals surface area contributed by atoms with Gasteiger partial charge in [-0.15, -0.1) is 0 Å². The van der Waals surface area contributed by atoms with Crippen LogP contribution < -0.4 is 4.74 Å². The van der Waals surface area contributed by atoms with Gasteiger partial charge in [0.1, 0.15) is 17.1 Å². The topological polar surface area (TPSA) is 76.5 Å². The van der Waals surface area contributed by atoms with Gasteiger partial charge in [0.05, 0.1) is 16.2 Å². The first-order valence-electron chi connectivity index (χ1n) is 9.50. The van der Waals surface area contributed by atoms with E-state index in [-0.39, 0.29) is 5.56 Å². The van der Waals surface area contributed by atoms with Gasteiger partial charge in [-0.05, 0) is 23.8 Å². The van der Waals surface area contributed by atoms with Gasteiger partial charge < -0.3 is 4.74 Å². The number of rotatable bonds is 5. The molecule has 0 atom stereocenters. The minimum Gasteiger partial charge on any atom is -0.485 e. The van der Waals surface area contributed by atoms with E-state index in [4.69, 9.17) is 16.3 Å². The molecule has 4 aromatic rings. The van der Waals surface area contributed by atoms with Crippen molar-refractivity contribution in [3.8, 4) is 16.9 Å². The van der Waals surface area contributed by atoms with E-state index in [2.05, 4.69) is 4.98 Å². The van der Waals surface area contributed by atoms with Gasteiger partial charge in [-0.25, -0.2) is 4.98 Å². The molecule has 3 aromatic carbocycles. The van der Waals surface area contributed by atoms with Crippen LogP contribution in [0.2, 0.25) is 5.02 Å². The van der Waals surface area contributed by atoms with E-state index in [1.54, 1.807) is 30.3 Å². The molecule has 5 nitrogen and oxygen atoms in total. The zero-order chi connectivity index (χ0) is 23.8. The fourth-order valence-corrected chi connectivity index (χ4v) is 4.63. The first kappa shape index (κ1) is 23.0. The lowest BCUT2D eigenvalue weighted by Crippen LogP contribution is -2.17. The molecule has 0 bridgehead atoms. The molecule has 0 fully saturated rings. The Hall–Kier alpha value is -3.14. The summed E-state index contributed by atoms with van der Waals surface area (Å²) >= 11 is 6.15. The van der Waals surface area contributed by atoms with Crippen LogP contribution in [0.4, 0.5) is 13.2 Å². The number of aromatic nitrogens is 1. The average molecular weight is 494 g/mol. The Bertz CT molecular complexity index is 1440. The molecule has 170 valence electrons. The third kappa shape index (κ3) is 4.80. The van der Waals surface area contributed by atoms with Crippen LogP contribution in [0.3, 0.4) is 0 Å². The molecular weight excluding hydrogens is 479 g/mol. The highest BCUT2D eigenvalue weighted by atomic mass is 35.5. The highest BCUT2D eigenvalue weighted by Gasteiger charge is 2.43. The number of fused-ring (bicyclic) bond motifs is 1. The van der Waals surface area contributed by atoms with Crippen LogP contribution in [0.15, 0.2) is 77.7 Å². The van der Waals surface area contributed by atoms with E-state index >= 15 is 0 Å². The summed E-state index contributed by atoms with van der Waals surface area (Å²) in [6, 6.07) is 18.9. The summed E-state index contributed by atoms with van der Waals surface area (Å²) in [4.78, 5) is 3.00. The number of hydrogen-bond acceptors (Lipinski definition) is 4. The van der Waals surface area contributed by atoms with Crippen LogP contribution in [0.5, 0.6) is 5.75 Å². The number of ether oxygens (including phenoxy) is 1. The van der Waals surface area contributed by atoms with Gasteiger partial charge in [0.2, 0.25) is 0 Å². The Morgan fingerprint density at radius 3 is 2.30 bits per heavy atom. The minimum absolute atomic E-state index is 0.125. The fraction of sp³-hybridized carbons (Fsp3) is 0.0870. The second-order valence-electron chi connectivity index (χ2n) is 7.06. The summed E-state index contributed by atoms with van der Waals surface area (Å²) in [5.41, 5.74) is -1.04. The summed E-state index contributed by atoms with van der Waals surface area (Å²) in [7, 11) is -5.32. The molecule has 4 rings (SSSR count). The van der Waals surface area contributed by atoms with Gasteiger partial charge in [-0.1, -0.05) is 66.2 Å². The highest BCUT2D eigenvalue weighted by Crippen LogP contribution is 2.48. The molecule has 0 unspecified atom stereocenters. The number of benzene rings is 3. The summed E-state index contributed by atoms with van der Waals surface area (Å²) in [5, 5.41) is 0.366. The maximum absolute atomic E-state index is 14.1. The van der Waals surface area contributed by atoms with E-state index in [1.165, 1.54) is 24.3 Å². The first-order chi connectivity index (χ1) is 15.6. The fourth-order valence-electron chi connectivity index (χ4n) is 3.45. The summed E-state index contributed by atoms with van der Waals surface area (Å²) < 4.78 is 81.7. The lowest BCUT2D eigenvalue weighted by Gasteiger charge is -2.21. The van der Waals surface area contributed by atoms with Crippen molar-refractivity contribution in [2.24, 2.45) is 0 Å². The van der Waals surface area contributed by atoms with E-state index in [9.17, 15) is 26.1 Å². The van der Waals surface area contributed by atoms with Crippen molar-refractivity contribution in [1.29, 1.82) is 0 Å². The van der Waals surface area contributed by atoms with Crippen LogP contribution in [0.25, 0.3) is 22.0 Å². The van der Waals surface area contributed by atoms with Crippen LogP contribution in [0, 0.1) is 0 Å². The number of hydrogen-bond donors (Lipinski definition) is 1. The molecule has 1 N–H and O–H groups in total. The monoisotopic (exact) mass is 493 g/mol. The van der Waals surface area contributed by atoms with Gasteiger partial charge in [0, 0.05) is 10.9 Å². The van der Waals surface area contributed by atoms with Gasteiger partial charge in [-0.2, -0.15) is 21.6 Å². The smallest absolute Gasteiger partial charge is 0.421 e. The molecular formula is C23H15ClF3NO4S. The zero-order valence-corrected chi connectivity index (χ0v) is 18.2. The van der Waals surface area contributed by atoms with Crippen LogP contribution in [-0.2, 0) is 22.9 Å². The molecule has 0 saturated carbocycles. The van der Waals surface area contributed by atoms with Gasteiger partial charge >= 0.3 is 6.18 Å². The van der Waals surface area contributed by atoms with E-state index in [1.807, 2.05) is 12.1 Å². The Kier molecular flexibility index (Phi) is 6.04. The van der Waals surface area contributed by atoms with Gasteiger partial charge in [-0.3, -0.25) is 4.55 Å². The SMILES string of the molecule is O=S(=O)(O)c1c(-c2ccccc2)cc(Cl)c(OCc2ccc3ccccc3n2)c1C(F)(F)F. The van der Waals surface area contributed by atoms with E-state index < -0.39 is 49.7 Å². The molecule has 33 heavy (non-hydrogen) atoms. The highest BCUT2D eigenvalue weighted by molar-refractivity contribution is 7.86. The maximum atomic E-state index is 14.1. The Morgan fingerprint density at radius 1 is 0.970 bits per heavy atom. The maximum Gasteiger partial charge on any atom is 0.421 e. The average Bonchev–Trinajstić information content (AvgIpc) is 2.76. The molecule has 0 saturated heterocycles. The van der Waals surface area contributed by atoms with Crippen LogP contribution in [-0.4, -0.2) is 18.0 Å². The van der Waals surface area contributed by atoms with Crippen molar-refractivity contribution in [3.05, 3.63) is 89.1 Å². The number of halogens is 4. The van der Waals surface area contributed by atoms with Gasteiger partial charge in [0.15, 0.2) is 5.75 Å². The lowest BCUT2D eigenvalue weighted by molar-refractivity contribution is -0.141. The summed E-state index contributed by atoms with van der Waals surface area (Å²) in [5.74, 6) is -0.911. The van der Waals surface area contributed by atoms with Crippen LogP contribution in [0.1, 0.15) is 11.3 Å². The second-order valence-corrected chi connectivity index (χ2v) is 8.83. The van der Waals surface area contributed by atoms with Gasteiger partial charge in [0.25, 0.3) is 10.1 Å². The third-order valence-corrected chi connectivity index (χ3v) is 6.05. The molecule has 10 heteroatoms. The van der Waals surface area contributed by atoms with Crippen molar-refractivity contribution < 1.29 is 30.9 Å². The molecule has 1 heterocycles. The minimum atomic E-state index is -5.32. The van der Waals surface area contributed by atoms with Crippen molar-refractivity contribution >= 4 is 32.6 Å². The summed E-state index contributed by atoms with van der Waals surface area (Å²) in [6.07, 6.45) is -5.20. The molecule has 0 aliphatic heterocycles. The van der Waals surface area contributed by atoms with Crippen molar-refractivity contribution in [2.45, 2.75) is 17.7 Å². The molecule has 0 aliphatic rings. The Balaban J connectivity index is 1.87. The molecule has 0 radical (unpaired) electrons. The quantitative estimate of drug-likeness (QED) is 0.325. The lowest BCUT2D eigenvalue weighted by atomic mass is 10.0. The number of para-hydroxylation sites is 1. The molecule has 1 aromatic heterocycles. The predicted molar refractivity (Wildman–Crippen MR) is 118 cm³/mol. The van der Waals surface area contributed by atoms with E-state index in [0.717, 1.165) is 11.5 Å².